The Morgan fingerprint density at radius 2 is 2.21 bits per heavy atom. The Labute approximate surface area is 82.7 Å². The van der Waals surface area contributed by atoms with Crippen molar-refractivity contribution in [1.29, 1.82) is 5.26 Å². The van der Waals surface area contributed by atoms with E-state index in [2.05, 4.69) is 0 Å². The first-order valence-corrected chi connectivity index (χ1v) is 4.55. The highest BCUT2D eigenvalue weighted by Crippen LogP contribution is 2.19. The van der Waals surface area contributed by atoms with Crippen molar-refractivity contribution in [3.63, 3.8) is 0 Å². The molecular formula is C11H11NO2. The molecule has 0 amide bonds. The van der Waals surface area contributed by atoms with Crippen LogP contribution in [-0.4, -0.2) is 12.1 Å². The topological polar surface area (TPSA) is 57.9 Å². The summed E-state index contributed by atoms with van der Waals surface area (Å²) in [4.78, 5) is 22.1. The van der Waals surface area contributed by atoms with Crippen molar-refractivity contribution in [1.82, 2.24) is 0 Å². The normalized spacial score (nSPS) is 15.1. The SMILES string of the molecule is N#CCCC(=O)C1=CCCC=C1C=O. The highest BCUT2D eigenvalue weighted by molar-refractivity contribution is 6.06. The quantitative estimate of drug-likeness (QED) is 0.632. The predicted molar refractivity (Wildman–Crippen MR) is 51.3 cm³/mol. The molecule has 1 aliphatic rings. The lowest BCUT2D eigenvalue weighted by Gasteiger charge is -2.09. The van der Waals surface area contributed by atoms with E-state index in [0.717, 1.165) is 12.8 Å². The standard InChI is InChI=1S/C11H11NO2/c12-7-3-6-11(14)10-5-2-1-4-9(10)8-13/h4-5,8H,1-3,6H2. The Morgan fingerprint density at radius 3 is 2.86 bits per heavy atom. The van der Waals surface area contributed by atoms with Crippen molar-refractivity contribution < 1.29 is 9.59 Å². The first-order valence-electron chi connectivity index (χ1n) is 4.55. The van der Waals surface area contributed by atoms with E-state index in [1.165, 1.54) is 0 Å². The third-order valence-corrected chi connectivity index (χ3v) is 2.08. The highest BCUT2D eigenvalue weighted by Gasteiger charge is 2.15. The molecule has 3 heteroatoms. The van der Waals surface area contributed by atoms with E-state index in [1.54, 1.807) is 12.2 Å². The zero-order valence-corrected chi connectivity index (χ0v) is 7.82. The number of nitrogens with zero attached hydrogens (tertiary/aromatic N) is 1. The first-order chi connectivity index (χ1) is 6.79. The molecule has 0 spiro atoms. The summed E-state index contributed by atoms with van der Waals surface area (Å²) in [5.74, 6) is -0.107. The van der Waals surface area contributed by atoms with E-state index in [-0.39, 0.29) is 18.6 Å². The fourth-order valence-electron chi connectivity index (χ4n) is 1.38. The molecule has 72 valence electrons. The average molecular weight is 189 g/mol. The lowest BCUT2D eigenvalue weighted by molar-refractivity contribution is -0.116. The molecule has 0 bridgehead atoms. The number of carbonyl (C=O) groups is 2. The van der Waals surface area contributed by atoms with Gasteiger partial charge in [0.2, 0.25) is 0 Å². The molecule has 0 atom stereocenters. The van der Waals surface area contributed by atoms with Crippen LogP contribution in [0.5, 0.6) is 0 Å². The van der Waals surface area contributed by atoms with Crippen molar-refractivity contribution in [3.8, 4) is 6.07 Å². The van der Waals surface area contributed by atoms with Crippen LogP contribution in [0.3, 0.4) is 0 Å². The summed E-state index contributed by atoms with van der Waals surface area (Å²) in [6, 6.07) is 1.91. The van der Waals surface area contributed by atoms with Gasteiger partial charge in [0.15, 0.2) is 5.78 Å². The summed E-state index contributed by atoms with van der Waals surface area (Å²) in [7, 11) is 0. The van der Waals surface area contributed by atoms with Gasteiger partial charge in [-0.2, -0.15) is 5.26 Å². The van der Waals surface area contributed by atoms with Gasteiger partial charge in [0.25, 0.3) is 0 Å². The molecule has 14 heavy (non-hydrogen) atoms. The maximum absolute atomic E-state index is 11.5. The van der Waals surface area contributed by atoms with Crippen molar-refractivity contribution >= 4 is 12.1 Å². The molecule has 0 heterocycles. The van der Waals surface area contributed by atoms with E-state index in [1.807, 2.05) is 6.07 Å². The van der Waals surface area contributed by atoms with Crippen molar-refractivity contribution in [2.24, 2.45) is 0 Å². The Morgan fingerprint density at radius 1 is 1.50 bits per heavy atom. The molecule has 0 saturated heterocycles. The van der Waals surface area contributed by atoms with Gasteiger partial charge in [0.05, 0.1) is 6.07 Å². The zero-order valence-electron chi connectivity index (χ0n) is 7.82. The number of nitriles is 1. The number of hydrogen-bond donors (Lipinski definition) is 0. The molecule has 0 N–H and O–H groups in total. The largest absolute Gasteiger partial charge is 0.298 e. The second-order valence-corrected chi connectivity index (χ2v) is 3.05. The number of carbonyl (C=O) groups excluding carboxylic acids is 2. The van der Waals surface area contributed by atoms with Crippen LogP contribution >= 0.6 is 0 Å². The van der Waals surface area contributed by atoms with Crippen molar-refractivity contribution in [2.75, 3.05) is 0 Å². The second-order valence-electron chi connectivity index (χ2n) is 3.05. The fraction of sp³-hybridized carbons (Fsp3) is 0.364. The van der Waals surface area contributed by atoms with Crippen LogP contribution in [0.2, 0.25) is 0 Å². The molecule has 1 rings (SSSR count). The summed E-state index contributed by atoms with van der Waals surface area (Å²) in [6.45, 7) is 0. The van der Waals surface area contributed by atoms with Gasteiger partial charge < -0.3 is 0 Å². The van der Waals surface area contributed by atoms with Gasteiger partial charge in [-0.1, -0.05) is 12.2 Å². The van der Waals surface area contributed by atoms with Gasteiger partial charge in [-0.15, -0.1) is 0 Å². The monoisotopic (exact) mass is 189 g/mol. The highest BCUT2D eigenvalue weighted by atomic mass is 16.1. The maximum Gasteiger partial charge on any atom is 0.164 e. The van der Waals surface area contributed by atoms with Crippen LogP contribution in [0.15, 0.2) is 23.3 Å². The third kappa shape index (κ3) is 2.40. The van der Waals surface area contributed by atoms with Crippen LogP contribution in [0.25, 0.3) is 0 Å². The van der Waals surface area contributed by atoms with E-state index in [4.69, 9.17) is 5.26 Å². The minimum Gasteiger partial charge on any atom is -0.298 e. The Bertz CT molecular complexity index is 345. The summed E-state index contributed by atoms with van der Waals surface area (Å²) in [5.41, 5.74) is 0.959. The fourth-order valence-corrected chi connectivity index (χ4v) is 1.38. The number of allylic oxidation sites excluding steroid dienone is 4. The van der Waals surface area contributed by atoms with Crippen LogP contribution in [0, 0.1) is 11.3 Å². The molecule has 3 nitrogen and oxygen atoms in total. The molecule has 0 aromatic rings. The van der Waals surface area contributed by atoms with E-state index < -0.39 is 0 Å². The number of Topliss-reactive ketones (excluding diaryl/α,β-unsaturated/α-hetero) is 1. The van der Waals surface area contributed by atoms with Gasteiger partial charge in [-0.05, 0) is 12.8 Å². The zero-order chi connectivity index (χ0) is 10.4. The number of aldehydes is 1. The van der Waals surface area contributed by atoms with E-state index in [0.29, 0.717) is 17.4 Å². The van der Waals surface area contributed by atoms with Crippen LogP contribution in [-0.2, 0) is 9.59 Å². The van der Waals surface area contributed by atoms with Crippen LogP contribution < -0.4 is 0 Å². The van der Waals surface area contributed by atoms with Gasteiger partial charge >= 0.3 is 0 Å². The number of ketones is 1. The first kappa shape index (κ1) is 10.4. The molecular weight excluding hydrogens is 178 g/mol. The van der Waals surface area contributed by atoms with Crippen LogP contribution in [0.4, 0.5) is 0 Å². The van der Waals surface area contributed by atoms with Crippen molar-refractivity contribution in [2.45, 2.75) is 25.7 Å². The van der Waals surface area contributed by atoms with Gasteiger partial charge in [-0.3, -0.25) is 9.59 Å². The van der Waals surface area contributed by atoms with Gasteiger partial charge in [-0.25, -0.2) is 0 Å². The minimum atomic E-state index is -0.107. The third-order valence-electron chi connectivity index (χ3n) is 2.08. The lowest BCUT2D eigenvalue weighted by Crippen LogP contribution is -2.08. The Balaban J connectivity index is 2.71. The summed E-state index contributed by atoms with van der Waals surface area (Å²) in [6.07, 6.45) is 6.27. The number of hydrogen-bond acceptors (Lipinski definition) is 3. The lowest BCUT2D eigenvalue weighted by atomic mass is 9.93. The van der Waals surface area contributed by atoms with Gasteiger partial charge in [0.1, 0.15) is 6.29 Å². The molecule has 0 radical (unpaired) electrons. The molecule has 1 aliphatic carbocycles. The Kier molecular flexibility index (Phi) is 3.81. The molecule has 0 fully saturated rings. The maximum atomic E-state index is 11.5. The Hall–Kier alpha value is -1.69. The molecule has 0 aromatic heterocycles. The second kappa shape index (κ2) is 5.13. The summed E-state index contributed by atoms with van der Waals surface area (Å²) < 4.78 is 0. The van der Waals surface area contributed by atoms with Crippen molar-refractivity contribution in [3.05, 3.63) is 23.3 Å². The smallest absolute Gasteiger partial charge is 0.164 e. The van der Waals surface area contributed by atoms with Crippen LogP contribution in [0.1, 0.15) is 25.7 Å². The predicted octanol–water partition coefficient (Wildman–Crippen LogP) is 1.70. The average Bonchev–Trinajstić information content (AvgIpc) is 2.25. The van der Waals surface area contributed by atoms with E-state index >= 15 is 0 Å². The van der Waals surface area contributed by atoms with Gasteiger partial charge in [0, 0.05) is 24.0 Å². The number of rotatable bonds is 4. The minimum absolute atomic E-state index is 0.107. The van der Waals surface area contributed by atoms with E-state index in [9.17, 15) is 9.59 Å². The summed E-state index contributed by atoms with van der Waals surface area (Å²) >= 11 is 0. The molecule has 0 aliphatic heterocycles. The molecule has 0 aromatic carbocycles. The molecule has 0 unspecified atom stereocenters. The molecule has 0 saturated carbocycles. The summed E-state index contributed by atoms with van der Waals surface area (Å²) in [5, 5.41) is 8.33.